The molecule has 0 aromatic heterocycles. The van der Waals surface area contributed by atoms with Crippen LogP contribution >= 0.6 is 12.2 Å². The van der Waals surface area contributed by atoms with Gasteiger partial charge in [-0.15, -0.1) is 0 Å². The van der Waals surface area contributed by atoms with Crippen molar-refractivity contribution in [3.63, 3.8) is 0 Å². The number of thiocarbonyl (C=S) groups is 1. The van der Waals surface area contributed by atoms with Crippen LogP contribution in [0.15, 0.2) is 77.7 Å². The fraction of sp³-hybridized carbons (Fsp3) is 0.433. The molecule has 0 bridgehead atoms. The maximum Gasteiger partial charge on any atom is 0.421 e. The highest BCUT2D eigenvalue weighted by Crippen LogP contribution is 2.39. The molecule has 0 spiro atoms. The monoisotopic (exact) mass is 671 g/mol. The van der Waals surface area contributed by atoms with Gasteiger partial charge in [-0.3, -0.25) is 4.31 Å². The van der Waals surface area contributed by atoms with Crippen LogP contribution in [0.5, 0.6) is 0 Å². The molecular formula is C30H36F3N3O5S3. The topological polar surface area (TPSA) is 98.2 Å². The van der Waals surface area contributed by atoms with Gasteiger partial charge in [0.15, 0.2) is 5.60 Å². The number of hydrogen-bond donors (Lipinski definition) is 1. The molecule has 4 rings (SSSR count). The first kappa shape index (κ1) is 34.1. The van der Waals surface area contributed by atoms with E-state index in [1.54, 1.807) is 61.2 Å². The summed E-state index contributed by atoms with van der Waals surface area (Å²) in [5.41, 5.74) is -2.57. The zero-order chi connectivity index (χ0) is 32.5. The number of halogens is 3. The molecule has 1 fully saturated rings. The van der Waals surface area contributed by atoms with Gasteiger partial charge in [0, 0.05) is 36.6 Å². The molecule has 14 heteroatoms. The van der Waals surface area contributed by atoms with Crippen LogP contribution in [0.3, 0.4) is 0 Å². The van der Waals surface area contributed by atoms with Crippen molar-refractivity contribution in [3.8, 4) is 0 Å². The second kappa shape index (κ2) is 12.9. The van der Waals surface area contributed by atoms with E-state index in [4.69, 9.17) is 12.2 Å². The van der Waals surface area contributed by atoms with Gasteiger partial charge in [0.2, 0.25) is 20.0 Å². The third-order valence-electron chi connectivity index (χ3n) is 7.64. The molecule has 0 radical (unpaired) electrons. The lowest BCUT2D eigenvalue weighted by Gasteiger charge is -2.44. The molecule has 2 aromatic carbocycles. The molecule has 2 aromatic rings. The number of piperazine rings is 1. The fourth-order valence-electron chi connectivity index (χ4n) is 5.25. The van der Waals surface area contributed by atoms with Crippen LogP contribution in [0.25, 0.3) is 0 Å². The Morgan fingerprint density at radius 1 is 1.02 bits per heavy atom. The van der Waals surface area contributed by atoms with E-state index in [2.05, 4.69) is 0 Å². The summed E-state index contributed by atoms with van der Waals surface area (Å²) in [6.07, 6.45) is 0.258. The summed E-state index contributed by atoms with van der Waals surface area (Å²) >= 11 is 5.34. The van der Waals surface area contributed by atoms with Crippen molar-refractivity contribution < 1.29 is 35.1 Å². The molecule has 0 saturated carbocycles. The summed E-state index contributed by atoms with van der Waals surface area (Å²) in [4.78, 5) is 2.10. The summed E-state index contributed by atoms with van der Waals surface area (Å²) in [6, 6.07) is 12.9. The van der Waals surface area contributed by atoms with Crippen LogP contribution in [0.4, 0.5) is 24.5 Å². The maximum absolute atomic E-state index is 13.7. The van der Waals surface area contributed by atoms with Gasteiger partial charge in [0.1, 0.15) is 0 Å². The molecular weight excluding hydrogens is 636 g/mol. The largest absolute Gasteiger partial charge is 0.421 e. The summed E-state index contributed by atoms with van der Waals surface area (Å²) < 4.78 is 97.8. The predicted octanol–water partition coefficient (Wildman–Crippen LogP) is 4.98. The SMILES string of the molecule is CC(C)CS(=O)(=O)N(C[C@H]1CN(S(=O)(=O)C2=CC=CCC2=S)CCN1c1ccc(C(C)(O)C(F)(F)F)cc1)c1ccccc1. The number of sulfonamides is 2. The molecule has 1 unspecified atom stereocenters. The van der Waals surface area contributed by atoms with Crippen LogP contribution in [-0.2, 0) is 25.6 Å². The molecule has 1 heterocycles. The van der Waals surface area contributed by atoms with Crippen LogP contribution in [0.2, 0.25) is 0 Å². The van der Waals surface area contributed by atoms with E-state index >= 15 is 0 Å². The van der Waals surface area contributed by atoms with Crippen molar-refractivity contribution in [3.05, 3.63) is 83.3 Å². The van der Waals surface area contributed by atoms with Gasteiger partial charge in [-0.1, -0.05) is 68.5 Å². The lowest BCUT2D eigenvalue weighted by Crippen LogP contribution is -2.59. The van der Waals surface area contributed by atoms with Crippen molar-refractivity contribution in [2.75, 3.05) is 41.1 Å². The van der Waals surface area contributed by atoms with E-state index < -0.39 is 37.9 Å². The van der Waals surface area contributed by atoms with Crippen molar-refractivity contribution in [2.45, 2.75) is 45.0 Å². The van der Waals surface area contributed by atoms with Crippen molar-refractivity contribution >= 4 is 48.5 Å². The van der Waals surface area contributed by atoms with Gasteiger partial charge in [0.25, 0.3) is 0 Å². The highest BCUT2D eigenvalue weighted by atomic mass is 32.2. The number of aliphatic hydroxyl groups is 1. The van der Waals surface area contributed by atoms with Crippen LogP contribution in [0.1, 0.15) is 32.8 Å². The first-order chi connectivity index (χ1) is 20.4. The van der Waals surface area contributed by atoms with Gasteiger partial charge in [-0.2, -0.15) is 17.5 Å². The minimum atomic E-state index is -4.90. The lowest BCUT2D eigenvalue weighted by atomic mass is 9.95. The quantitative estimate of drug-likeness (QED) is 0.356. The molecule has 240 valence electrons. The second-order valence-corrected chi connectivity index (χ2v) is 15.8. The summed E-state index contributed by atoms with van der Waals surface area (Å²) in [5.74, 6) is -0.336. The Balaban J connectivity index is 1.75. The molecule has 1 aliphatic heterocycles. The van der Waals surface area contributed by atoms with Crippen molar-refractivity contribution in [1.82, 2.24) is 4.31 Å². The van der Waals surface area contributed by atoms with Gasteiger partial charge in [-0.25, -0.2) is 16.8 Å². The molecule has 2 atom stereocenters. The molecule has 2 aliphatic rings. The van der Waals surface area contributed by atoms with Gasteiger partial charge in [0.05, 0.1) is 28.9 Å². The predicted molar refractivity (Wildman–Crippen MR) is 171 cm³/mol. The van der Waals surface area contributed by atoms with E-state index in [0.717, 1.165) is 0 Å². The Kier molecular flexibility index (Phi) is 10.0. The number of allylic oxidation sites excluding steroid dienone is 4. The number of benzene rings is 2. The Labute approximate surface area is 262 Å². The fourth-order valence-corrected chi connectivity index (χ4v) is 9.19. The van der Waals surface area contributed by atoms with Crippen molar-refractivity contribution in [1.29, 1.82) is 0 Å². The molecule has 1 N–H and O–H groups in total. The lowest BCUT2D eigenvalue weighted by molar-refractivity contribution is -0.258. The van der Waals surface area contributed by atoms with Gasteiger partial charge >= 0.3 is 6.18 Å². The Morgan fingerprint density at radius 2 is 1.66 bits per heavy atom. The molecule has 8 nitrogen and oxygen atoms in total. The number of nitrogens with zero attached hydrogens (tertiary/aromatic N) is 3. The van der Waals surface area contributed by atoms with E-state index in [9.17, 15) is 35.1 Å². The molecule has 1 saturated heterocycles. The first-order valence-electron chi connectivity index (χ1n) is 14.1. The number of anilines is 2. The van der Waals surface area contributed by atoms with Crippen LogP contribution in [-0.4, -0.2) is 75.3 Å². The van der Waals surface area contributed by atoms with Gasteiger partial charge < -0.3 is 10.0 Å². The smallest absolute Gasteiger partial charge is 0.376 e. The molecule has 0 amide bonds. The molecule has 1 aliphatic carbocycles. The number of para-hydroxylation sites is 1. The zero-order valence-electron chi connectivity index (χ0n) is 24.6. The average molecular weight is 672 g/mol. The third kappa shape index (κ3) is 7.20. The summed E-state index contributed by atoms with van der Waals surface area (Å²) in [7, 11) is -7.89. The third-order valence-corrected chi connectivity index (χ3v) is 12.2. The zero-order valence-corrected chi connectivity index (χ0v) is 27.1. The maximum atomic E-state index is 13.7. The summed E-state index contributed by atoms with van der Waals surface area (Å²) in [5, 5.41) is 10.1. The highest BCUT2D eigenvalue weighted by Gasteiger charge is 2.51. The first-order valence-corrected chi connectivity index (χ1v) is 17.5. The minimum Gasteiger partial charge on any atom is -0.376 e. The number of rotatable bonds is 10. The standard InChI is InChI=1S/C30H36F3N3O5S3/c1-22(2)21-43(38,39)36(25-9-5-4-6-10-25)20-26-19-34(44(40,41)28-12-8-7-11-27(28)42)17-18-35(26)24-15-13-23(14-16-24)29(3,37)30(31,32)33/h4-10,12-16,22,26,37H,11,17-21H2,1-3H3/t26-,29?/m1/s1. The normalized spacial score (nSPS) is 20.0. The van der Waals surface area contributed by atoms with E-state index in [1.807, 2.05) is 0 Å². The highest BCUT2D eigenvalue weighted by molar-refractivity contribution is 7.96. The number of hydrogen-bond acceptors (Lipinski definition) is 7. The van der Waals surface area contributed by atoms with Crippen molar-refractivity contribution in [2.24, 2.45) is 5.92 Å². The summed E-state index contributed by atoms with van der Waals surface area (Å²) in [6.45, 7) is 4.18. The Hall–Kier alpha value is -2.78. The van der Waals surface area contributed by atoms with E-state index in [-0.39, 0.29) is 53.2 Å². The molecule has 44 heavy (non-hydrogen) atoms. The minimum absolute atomic E-state index is 0.0216. The van der Waals surface area contributed by atoms with Gasteiger partial charge in [-0.05, 0) is 48.7 Å². The van der Waals surface area contributed by atoms with E-state index in [1.165, 1.54) is 39.0 Å². The Bertz CT molecular complexity index is 1620. The second-order valence-electron chi connectivity index (χ2n) is 11.5. The average Bonchev–Trinajstić information content (AvgIpc) is 2.95. The van der Waals surface area contributed by atoms with Crippen LogP contribution < -0.4 is 9.21 Å². The van der Waals surface area contributed by atoms with E-state index in [0.29, 0.717) is 24.7 Å². The Morgan fingerprint density at radius 3 is 2.23 bits per heavy atom. The number of alkyl halides is 3. The van der Waals surface area contributed by atoms with Crippen LogP contribution in [0, 0.1) is 5.92 Å².